The highest BCUT2D eigenvalue weighted by molar-refractivity contribution is 5.91. The van der Waals surface area contributed by atoms with Crippen molar-refractivity contribution in [1.82, 2.24) is 10.3 Å². The number of rotatable bonds is 6. The third-order valence-electron chi connectivity index (χ3n) is 2.93. The molecule has 0 aliphatic heterocycles. The fourth-order valence-electron chi connectivity index (χ4n) is 1.84. The van der Waals surface area contributed by atoms with Crippen LogP contribution in [0.1, 0.15) is 11.3 Å². The van der Waals surface area contributed by atoms with Gasteiger partial charge in [-0.3, -0.25) is 9.78 Å². The van der Waals surface area contributed by atoms with E-state index in [1.54, 1.807) is 19.4 Å². The van der Waals surface area contributed by atoms with E-state index in [4.69, 9.17) is 4.74 Å². The Balaban J connectivity index is 1.79. The molecular weight excluding hydrogens is 264 g/mol. The van der Waals surface area contributed by atoms with Crippen molar-refractivity contribution in [2.75, 3.05) is 13.7 Å². The molecule has 2 rings (SSSR count). The molecule has 0 saturated carbocycles. The summed E-state index contributed by atoms with van der Waals surface area (Å²) in [6, 6.07) is 13.3. The van der Waals surface area contributed by atoms with Crippen LogP contribution in [0.15, 0.2) is 54.7 Å². The molecule has 1 N–H and O–H groups in total. The van der Waals surface area contributed by atoms with Gasteiger partial charge in [-0.1, -0.05) is 18.2 Å². The number of methoxy groups -OCH3 is 1. The minimum Gasteiger partial charge on any atom is -0.497 e. The number of ether oxygens (including phenoxy) is 1. The monoisotopic (exact) mass is 282 g/mol. The van der Waals surface area contributed by atoms with Crippen LogP contribution >= 0.6 is 0 Å². The van der Waals surface area contributed by atoms with Gasteiger partial charge in [0.25, 0.3) is 0 Å². The summed E-state index contributed by atoms with van der Waals surface area (Å²) in [5.74, 6) is 0.654. The SMILES string of the molecule is COc1cccc(/C=C/C(=O)NCCc2ccccn2)c1. The van der Waals surface area contributed by atoms with Crippen LogP contribution in [0.4, 0.5) is 0 Å². The summed E-state index contributed by atoms with van der Waals surface area (Å²) >= 11 is 0. The van der Waals surface area contributed by atoms with Crippen molar-refractivity contribution in [2.45, 2.75) is 6.42 Å². The second kappa shape index (κ2) is 7.85. The zero-order valence-corrected chi connectivity index (χ0v) is 12.0. The van der Waals surface area contributed by atoms with Crippen LogP contribution in [0.5, 0.6) is 5.75 Å². The topological polar surface area (TPSA) is 51.2 Å². The lowest BCUT2D eigenvalue weighted by Crippen LogP contribution is -2.23. The molecular formula is C17H18N2O2. The number of carbonyl (C=O) groups excluding carboxylic acids is 1. The molecule has 1 aromatic carbocycles. The van der Waals surface area contributed by atoms with Crippen LogP contribution in [-0.4, -0.2) is 24.5 Å². The minimum absolute atomic E-state index is 0.117. The Hall–Kier alpha value is -2.62. The average Bonchev–Trinajstić information content (AvgIpc) is 2.54. The number of nitrogens with zero attached hydrogens (tertiary/aromatic N) is 1. The van der Waals surface area contributed by atoms with Crippen LogP contribution < -0.4 is 10.1 Å². The zero-order valence-electron chi connectivity index (χ0n) is 12.0. The minimum atomic E-state index is -0.117. The Morgan fingerprint density at radius 1 is 1.29 bits per heavy atom. The van der Waals surface area contributed by atoms with E-state index in [0.717, 1.165) is 23.4 Å². The fourth-order valence-corrected chi connectivity index (χ4v) is 1.84. The molecule has 0 saturated heterocycles. The van der Waals surface area contributed by atoms with Gasteiger partial charge in [0.2, 0.25) is 5.91 Å². The largest absolute Gasteiger partial charge is 0.497 e. The van der Waals surface area contributed by atoms with Crippen LogP contribution in [0.2, 0.25) is 0 Å². The molecule has 0 bridgehead atoms. The van der Waals surface area contributed by atoms with Crippen molar-refractivity contribution >= 4 is 12.0 Å². The molecule has 0 aliphatic carbocycles. The molecule has 2 aromatic rings. The van der Waals surface area contributed by atoms with E-state index in [0.29, 0.717) is 6.54 Å². The predicted octanol–water partition coefficient (Wildman–Crippen LogP) is 2.46. The van der Waals surface area contributed by atoms with E-state index in [-0.39, 0.29) is 5.91 Å². The first kappa shape index (κ1) is 14.8. The number of benzene rings is 1. The normalized spacial score (nSPS) is 10.5. The molecule has 0 unspecified atom stereocenters. The smallest absolute Gasteiger partial charge is 0.244 e. The summed E-state index contributed by atoms with van der Waals surface area (Å²) in [5.41, 5.74) is 1.89. The maximum absolute atomic E-state index is 11.7. The van der Waals surface area contributed by atoms with Gasteiger partial charge in [0.1, 0.15) is 5.75 Å². The molecule has 4 heteroatoms. The Labute approximate surface area is 124 Å². The first-order valence-corrected chi connectivity index (χ1v) is 6.78. The Bertz CT molecular complexity index is 609. The highest BCUT2D eigenvalue weighted by Gasteiger charge is 1.97. The quantitative estimate of drug-likeness (QED) is 0.828. The summed E-state index contributed by atoms with van der Waals surface area (Å²) in [4.78, 5) is 15.9. The van der Waals surface area contributed by atoms with E-state index in [1.165, 1.54) is 6.08 Å². The van der Waals surface area contributed by atoms with Gasteiger partial charge in [-0.25, -0.2) is 0 Å². The predicted molar refractivity (Wildman–Crippen MR) is 83.0 cm³/mol. The van der Waals surface area contributed by atoms with Gasteiger partial charge >= 0.3 is 0 Å². The van der Waals surface area contributed by atoms with Gasteiger partial charge in [0.05, 0.1) is 7.11 Å². The second-order valence-electron chi connectivity index (χ2n) is 4.47. The Morgan fingerprint density at radius 3 is 2.95 bits per heavy atom. The summed E-state index contributed by atoms with van der Waals surface area (Å²) < 4.78 is 5.13. The zero-order chi connectivity index (χ0) is 14.9. The van der Waals surface area contributed by atoms with Crippen LogP contribution in [0.3, 0.4) is 0 Å². The van der Waals surface area contributed by atoms with E-state index < -0.39 is 0 Å². The van der Waals surface area contributed by atoms with Crippen LogP contribution in [0, 0.1) is 0 Å². The van der Waals surface area contributed by atoms with Crippen molar-refractivity contribution in [1.29, 1.82) is 0 Å². The number of pyridine rings is 1. The lowest BCUT2D eigenvalue weighted by molar-refractivity contribution is -0.116. The van der Waals surface area contributed by atoms with E-state index in [2.05, 4.69) is 10.3 Å². The van der Waals surface area contributed by atoms with E-state index in [1.807, 2.05) is 42.5 Å². The van der Waals surface area contributed by atoms with Crippen molar-refractivity contribution in [2.24, 2.45) is 0 Å². The average molecular weight is 282 g/mol. The standard InChI is InChI=1S/C17H18N2O2/c1-21-16-7-4-5-14(13-16)8-9-17(20)19-12-10-15-6-2-3-11-18-15/h2-9,11,13H,10,12H2,1H3,(H,19,20)/b9-8+. The van der Waals surface area contributed by atoms with E-state index >= 15 is 0 Å². The summed E-state index contributed by atoms with van der Waals surface area (Å²) in [5, 5.41) is 2.83. The Kier molecular flexibility index (Phi) is 5.52. The number of carbonyl (C=O) groups is 1. The van der Waals surface area contributed by atoms with Gasteiger partial charge in [0.15, 0.2) is 0 Å². The van der Waals surface area contributed by atoms with Gasteiger partial charge in [-0.2, -0.15) is 0 Å². The van der Waals surface area contributed by atoms with Crippen LogP contribution in [-0.2, 0) is 11.2 Å². The molecule has 4 nitrogen and oxygen atoms in total. The van der Waals surface area contributed by atoms with Crippen molar-refractivity contribution in [3.8, 4) is 5.75 Å². The lowest BCUT2D eigenvalue weighted by Gasteiger charge is -2.02. The molecule has 0 spiro atoms. The molecule has 0 aliphatic rings. The third kappa shape index (κ3) is 5.10. The number of nitrogens with one attached hydrogen (secondary N) is 1. The first-order chi connectivity index (χ1) is 10.3. The highest BCUT2D eigenvalue weighted by Crippen LogP contribution is 2.13. The maximum atomic E-state index is 11.7. The molecule has 1 heterocycles. The second-order valence-corrected chi connectivity index (χ2v) is 4.47. The molecule has 0 atom stereocenters. The summed E-state index contributed by atoms with van der Waals surface area (Å²) in [6.45, 7) is 0.568. The van der Waals surface area contributed by atoms with Gasteiger partial charge < -0.3 is 10.1 Å². The highest BCUT2D eigenvalue weighted by atomic mass is 16.5. The molecule has 0 fully saturated rings. The summed E-state index contributed by atoms with van der Waals surface area (Å²) in [7, 11) is 1.62. The van der Waals surface area contributed by atoms with Crippen molar-refractivity contribution < 1.29 is 9.53 Å². The molecule has 108 valence electrons. The molecule has 1 amide bonds. The molecule has 1 aromatic heterocycles. The molecule has 21 heavy (non-hydrogen) atoms. The first-order valence-electron chi connectivity index (χ1n) is 6.78. The van der Waals surface area contributed by atoms with Gasteiger partial charge in [-0.05, 0) is 35.9 Å². The van der Waals surface area contributed by atoms with Crippen LogP contribution in [0.25, 0.3) is 6.08 Å². The maximum Gasteiger partial charge on any atom is 0.244 e. The molecule has 0 radical (unpaired) electrons. The van der Waals surface area contributed by atoms with Gasteiger partial charge in [-0.15, -0.1) is 0 Å². The number of hydrogen-bond donors (Lipinski definition) is 1. The van der Waals surface area contributed by atoms with Crippen molar-refractivity contribution in [3.05, 3.63) is 66.0 Å². The number of aromatic nitrogens is 1. The third-order valence-corrected chi connectivity index (χ3v) is 2.93. The van der Waals surface area contributed by atoms with E-state index in [9.17, 15) is 4.79 Å². The van der Waals surface area contributed by atoms with Gasteiger partial charge in [0, 0.05) is 30.9 Å². The number of amides is 1. The number of hydrogen-bond acceptors (Lipinski definition) is 3. The van der Waals surface area contributed by atoms with Crippen molar-refractivity contribution in [3.63, 3.8) is 0 Å². The summed E-state index contributed by atoms with van der Waals surface area (Å²) in [6.07, 6.45) is 5.76. The lowest BCUT2D eigenvalue weighted by atomic mass is 10.2. The Morgan fingerprint density at radius 2 is 2.19 bits per heavy atom. The fraction of sp³-hybridized carbons (Fsp3) is 0.176.